The molecule has 1 fully saturated rings. The number of carbonyl (C=O) groups excluding carboxylic acids is 1. The highest BCUT2D eigenvalue weighted by Crippen LogP contribution is 2.39. The molecule has 0 aliphatic heterocycles. The fraction of sp³-hybridized carbons (Fsp3) is 0.320. The Hall–Kier alpha value is -3.45. The third-order valence-electron chi connectivity index (χ3n) is 6.08. The molecule has 0 unspecified atom stereocenters. The second kappa shape index (κ2) is 11.3. The molecular formula is C25H19ClF7N3O3. The van der Waals surface area contributed by atoms with Gasteiger partial charge >= 0.3 is 6.18 Å². The summed E-state index contributed by atoms with van der Waals surface area (Å²) in [6.07, 6.45) is -8.08. The summed E-state index contributed by atoms with van der Waals surface area (Å²) in [6.45, 7) is -0.447. The van der Waals surface area contributed by atoms with Gasteiger partial charge in [0.2, 0.25) is 5.91 Å². The van der Waals surface area contributed by atoms with Crippen molar-refractivity contribution in [1.29, 1.82) is 0 Å². The third-order valence-corrected chi connectivity index (χ3v) is 6.29. The largest absolute Gasteiger partial charge is 0.417 e. The summed E-state index contributed by atoms with van der Waals surface area (Å²) in [7, 11) is 0. The first-order chi connectivity index (χ1) is 18.3. The number of aromatic nitrogens is 2. The molecular weight excluding hydrogens is 559 g/mol. The van der Waals surface area contributed by atoms with Gasteiger partial charge in [0, 0.05) is 29.1 Å². The molecule has 0 radical (unpaired) electrons. The van der Waals surface area contributed by atoms with Crippen molar-refractivity contribution in [2.45, 2.75) is 44.7 Å². The summed E-state index contributed by atoms with van der Waals surface area (Å²) < 4.78 is 101. The fourth-order valence-corrected chi connectivity index (χ4v) is 4.33. The Bertz CT molecular complexity index is 1420. The van der Waals surface area contributed by atoms with Gasteiger partial charge in [-0.05, 0) is 42.7 Å². The van der Waals surface area contributed by atoms with Crippen molar-refractivity contribution < 1.29 is 40.3 Å². The van der Waals surface area contributed by atoms with Crippen molar-refractivity contribution in [1.82, 2.24) is 15.3 Å². The topological polar surface area (TPSA) is 84.1 Å². The van der Waals surface area contributed by atoms with Gasteiger partial charge in [-0.1, -0.05) is 17.7 Å². The van der Waals surface area contributed by atoms with Crippen LogP contribution in [0.25, 0.3) is 11.4 Å². The molecule has 1 saturated carbocycles. The number of halogens is 8. The summed E-state index contributed by atoms with van der Waals surface area (Å²) in [6, 6.07) is 5.65. The smallest absolute Gasteiger partial charge is 0.373 e. The molecule has 3 aromatic rings. The minimum Gasteiger partial charge on any atom is -0.373 e. The highest BCUT2D eigenvalue weighted by atomic mass is 35.5. The van der Waals surface area contributed by atoms with E-state index in [-0.39, 0.29) is 23.3 Å². The van der Waals surface area contributed by atoms with E-state index in [1.54, 1.807) is 0 Å². The normalized spacial score (nSPS) is 17.3. The van der Waals surface area contributed by atoms with E-state index in [4.69, 9.17) is 16.3 Å². The number of H-pyrrole nitrogens is 1. The number of amides is 1. The average molecular weight is 578 g/mol. The molecule has 14 heteroatoms. The number of nitrogens with zero attached hydrogens (tertiary/aromatic N) is 1. The van der Waals surface area contributed by atoms with Crippen molar-refractivity contribution >= 4 is 17.5 Å². The number of benzene rings is 2. The van der Waals surface area contributed by atoms with Crippen LogP contribution in [0.2, 0.25) is 5.02 Å². The van der Waals surface area contributed by atoms with E-state index < -0.39 is 70.8 Å². The lowest BCUT2D eigenvalue weighted by Crippen LogP contribution is -2.42. The van der Waals surface area contributed by atoms with E-state index in [1.807, 2.05) is 4.98 Å². The Labute approximate surface area is 221 Å². The maximum absolute atomic E-state index is 15.3. The zero-order chi connectivity index (χ0) is 28.5. The van der Waals surface area contributed by atoms with Crippen molar-refractivity contribution in [3.8, 4) is 11.4 Å². The standard InChI is InChI=1S/C25H19ClF7N3O3/c26-14-3-11(4-15(27)7-14)10-39-16-5-13(6-16)24(38)34-9-12-1-2-17(25(31,32)33)20(21(12)28)23-35-18(22(29)30)8-19(37)36-23/h1-4,7-8,13,16,22H,5-6,9-10H2,(H,34,38)(H,35,36,37)/t13-,16-. The van der Waals surface area contributed by atoms with Gasteiger partial charge in [-0.25, -0.2) is 22.5 Å². The molecule has 0 saturated heterocycles. The fourth-order valence-electron chi connectivity index (χ4n) is 4.08. The van der Waals surface area contributed by atoms with Crippen LogP contribution in [0.5, 0.6) is 0 Å². The Kier molecular flexibility index (Phi) is 8.31. The second-order valence-electron chi connectivity index (χ2n) is 8.88. The first-order valence-corrected chi connectivity index (χ1v) is 11.8. The molecule has 0 bridgehead atoms. The van der Waals surface area contributed by atoms with Crippen molar-refractivity contribution in [2.75, 3.05) is 0 Å². The lowest BCUT2D eigenvalue weighted by Gasteiger charge is -2.34. The van der Waals surface area contributed by atoms with E-state index in [0.717, 1.165) is 12.1 Å². The van der Waals surface area contributed by atoms with Crippen LogP contribution < -0.4 is 10.9 Å². The monoisotopic (exact) mass is 577 g/mol. The van der Waals surface area contributed by atoms with Crippen LogP contribution in [0, 0.1) is 17.6 Å². The van der Waals surface area contributed by atoms with Crippen LogP contribution in [-0.2, 0) is 28.9 Å². The predicted molar refractivity (Wildman–Crippen MR) is 125 cm³/mol. The first kappa shape index (κ1) is 28.6. The molecule has 39 heavy (non-hydrogen) atoms. The zero-order valence-electron chi connectivity index (χ0n) is 19.7. The van der Waals surface area contributed by atoms with Gasteiger partial charge in [0.25, 0.3) is 12.0 Å². The molecule has 2 N–H and O–H groups in total. The third kappa shape index (κ3) is 6.77. The first-order valence-electron chi connectivity index (χ1n) is 11.4. The Morgan fingerprint density at radius 1 is 1.15 bits per heavy atom. The number of nitrogens with one attached hydrogen (secondary N) is 2. The highest BCUT2D eigenvalue weighted by Gasteiger charge is 2.38. The molecule has 1 aromatic heterocycles. The van der Waals surface area contributed by atoms with Gasteiger partial charge in [-0.3, -0.25) is 9.59 Å². The SMILES string of the molecule is O=c1cc(C(F)F)nc(-c2c(C(F)(F)F)ccc(CNC(=O)[C@H]3C[C@H](OCc4cc(F)cc(Cl)c4)C3)c2F)[nH]1. The van der Waals surface area contributed by atoms with Gasteiger partial charge in [0.05, 0.1) is 23.8 Å². The summed E-state index contributed by atoms with van der Waals surface area (Å²) in [5.74, 6) is -4.04. The maximum Gasteiger partial charge on any atom is 0.417 e. The van der Waals surface area contributed by atoms with Gasteiger partial charge in [-0.15, -0.1) is 0 Å². The number of carbonyl (C=O) groups is 1. The van der Waals surface area contributed by atoms with E-state index in [0.29, 0.717) is 30.5 Å². The van der Waals surface area contributed by atoms with Gasteiger partial charge in [-0.2, -0.15) is 13.2 Å². The molecule has 1 aliphatic carbocycles. The maximum atomic E-state index is 15.3. The van der Waals surface area contributed by atoms with Crippen molar-refractivity contribution in [2.24, 2.45) is 5.92 Å². The average Bonchev–Trinajstić information content (AvgIpc) is 2.80. The van der Waals surface area contributed by atoms with Crippen LogP contribution in [0.1, 0.15) is 41.7 Å². The number of rotatable bonds is 8. The number of hydrogen-bond acceptors (Lipinski definition) is 4. The van der Waals surface area contributed by atoms with Crippen LogP contribution in [0.4, 0.5) is 30.7 Å². The highest BCUT2D eigenvalue weighted by molar-refractivity contribution is 6.30. The second-order valence-corrected chi connectivity index (χ2v) is 9.31. The van der Waals surface area contributed by atoms with Crippen LogP contribution in [0.15, 0.2) is 41.2 Å². The minimum atomic E-state index is -5.10. The summed E-state index contributed by atoms with van der Waals surface area (Å²) in [4.78, 5) is 29.4. The lowest BCUT2D eigenvalue weighted by atomic mass is 9.81. The van der Waals surface area contributed by atoms with Gasteiger partial charge < -0.3 is 15.0 Å². The molecule has 208 valence electrons. The van der Waals surface area contributed by atoms with Crippen LogP contribution in [-0.4, -0.2) is 22.0 Å². The number of alkyl halides is 5. The quantitative estimate of drug-likeness (QED) is 0.325. The van der Waals surface area contributed by atoms with Crippen LogP contribution in [0.3, 0.4) is 0 Å². The number of aromatic amines is 1. The van der Waals surface area contributed by atoms with Crippen molar-refractivity contribution in [3.63, 3.8) is 0 Å². The lowest BCUT2D eigenvalue weighted by molar-refractivity contribution is -0.137. The molecule has 0 spiro atoms. The molecule has 1 amide bonds. The predicted octanol–water partition coefficient (Wildman–Crippen LogP) is 5.94. The Morgan fingerprint density at radius 2 is 1.87 bits per heavy atom. The van der Waals surface area contributed by atoms with Crippen LogP contribution >= 0.6 is 11.6 Å². The van der Waals surface area contributed by atoms with E-state index >= 15 is 4.39 Å². The molecule has 4 rings (SSSR count). The van der Waals surface area contributed by atoms with Gasteiger partial charge in [0.1, 0.15) is 23.2 Å². The zero-order valence-corrected chi connectivity index (χ0v) is 20.5. The summed E-state index contributed by atoms with van der Waals surface area (Å²) >= 11 is 5.80. The summed E-state index contributed by atoms with van der Waals surface area (Å²) in [5.41, 5.74) is -4.94. The molecule has 2 aromatic carbocycles. The van der Waals surface area contributed by atoms with E-state index in [2.05, 4.69) is 10.3 Å². The Balaban J connectivity index is 1.43. The molecule has 1 heterocycles. The van der Waals surface area contributed by atoms with E-state index in [1.165, 1.54) is 12.1 Å². The number of ether oxygens (including phenoxy) is 1. The molecule has 1 aliphatic rings. The number of hydrogen-bond donors (Lipinski definition) is 2. The molecule has 0 atom stereocenters. The minimum absolute atomic E-state index is 0.0684. The van der Waals surface area contributed by atoms with Crippen molar-refractivity contribution in [3.05, 3.63) is 85.8 Å². The Morgan fingerprint density at radius 3 is 2.51 bits per heavy atom. The molecule has 6 nitrogen and oxygen atoms in total. The van der Waals surface area contributed by atoms with Gasteiger partial charge in [0.15, 0.2) is 0 Å². The summed E-state index contributed by atoms with van der Waals surface area (Å²) in [5, 5.41) is 2.64. The van der Waals surface area contributed by atoms with E-state index in [9.17, 15) is 35.9 Å².